The number of hydrazone groups is 1. The Labute approximate surface area is 164 Å². The van der Waals surface area contributed by atoms with E-state index < -0.39 is 0 Å². The van der Waals surface area contributed by atoms with Gasteiger partial charge in [0.15, 0.2) is 5.11 Å². The summed E-state index contributed by atoms with van der Waals surface area (Å²) in [5, 5.41) is 7.83. The molecule has 2 N–H and O–H groups in total. The minimum Gasteiger partial charge on any atom is -0.457 e. The zero-order chi connectivity index (χ0) is 19.1. The lowest BCUT2D eigenvalue weighted by Crippen LogP contribution is -2.24. The number of hydrogen-bond acceptors (Lipinski definition) is 3. The monoisotopic (exact) mass is 375 g/mol. The fraction of sp³-hybridized carbons (Fsp3) is 0.0909. The predicted octanol–water partition coefficient (Wildman–Crippen LogP) is 5.42. The maximum absolute atomic E-state index is 5.77. The lowest BCUT2D eigenvalue weighted by Gasteiger charge is -2.12. The van der Waals surface area contributed by atoms with Gasteiger partial charge in [0.1, 0.15) is 11.5 Å². The quantitative estimate of drug-likeness (QED) is 0.355. The molecule has 0 amide bonds. The predicted molar refractivity (Wildman–Crippen MR) is 116 cm³/mol. The van der Waals surface area contributed by atoms with Gasteiger partial charge in [-0.05, 0) is 79.2 Å². The van der Waals surface area contributed by atoms with Crippen molar-refractivity contribution in [1.29, 1.82) is 0 Å². The first kappa shape index (κ1) is 18.6. The lowest BCUT2D eigenvalue weighted by molar-refractivity contribution is 0.482. The van der Waals surface area contributed by atoms with E-state index in [-0.39, 0.29) is 0 Å². The molecule has 4 nitrogen and oxygen atoms in total. The van der Waals surface area contributed by atoms with E-state index >= 15 is 0 Å². The maximum Gasteiger partial charge on any atom is 0.191 e. The molecular weight excluding hydrogens is 354 g/mol. The van der Waals surface area contributed by atoms with E-state index in [1.54, 1.807) is 6.21 Å². The van der Waals surface area contributed by atoms with E-state index in [4.69, 9.17) is 17.0 Å². The number of ether oxygens (including phenoxy) is 1. The molecule has 0 saturated carbocycles. The van der Waals surface area contributed by atoms with E-state index in [1.165, 1.54) is 0 Å². The molecule has 0 fully saturated rings. The Bertz CT molecular complexity index is 917. The average Bonchev–Trinajstić information content (AvgIpc) is 2.67. The Morgan fingerprint density at radius 1 is 0.852 bits per heavy atom. The van der Waals surface area contributed by atoms with Gasteiger partial charge in [-0.25, -0.2) is 0 Å². The molecule has 27 heavy (non-hydrogen) atoms. The highest BCUT2D eigenvalue weighted by Gasteiger charge is 2.03. The molecule has 0 aliphatic rings. The first-order valence-corrected chi connectivity index (χ1v) is 9.02. The Morgan fingerprint density at radius 2 is 1.48 bits per heavy atom. The summed E-state index contributed by atoms with van der Waals surface area (Å²) in [4.78, 5) is 0. The molecule has 136 valence electrons. The number of anilines is 1. The Morgan fingerprint density at radius 3 is 2.15 bits per heavy atom. The molecule has 0 radical (unpaired) electrons. The molecule has 0 unspecified atom stereocenters. The minimum absolute atomic E-state index is 0.452. The Balaban J connectivity index is 1.54. The smallest absolute Gasteiger partial charge is 0.191 e. The van der Waals surface area contributed by atoms with Crippen molar-refractivity contribution in [3.63, 3.8) is 0 Å². The van der Waals surface area contributed by atoms with Crippen LogP contribution in [0.15, 0.2) is 77.9 Å². The van der Waals surface area contributed by atoms with Crippen LogP contribution in [-0.4, -0.2) is 11.3 Å². The summed E-state index contributed by atoms with van der Waals surface area (Å²) in [5.41, 5.74) is 7.07. The third-order valence-electron chi connectivity index (χ3n) is 3.96. The number of aryl methyl sites for hydroxylation is 2. The highest BCUT2D eigenvalue weighted by Crippen LogP contribution is 2.21. The molecule has 0 heterocycles. The van der Waals surface area contributed by atoms with E-state index in [0.717, 1.165) is 33.9 Å². The molecule has 3 aromatic carbocycles. The van der Waals surface area contributed by atoms with Gasteiger partial charge in [-0.2, -0.15) is 5.10 Å². The van der Waals surface area contributed by atoms with Crippen molar-refractivity contribution in [2.75, 3.05) is 5.32 Å². The van der Waals surface area contributed by atoms with Crippen LogP contribution in [-0.2, 0) is 0 Å². The summed E-state index contributed by atoms with van der Waals surface area (Å²) in [6.07, 6.45) is 1.71. The van der Waals surface area contributed by atoms with Gasteiger partial charge >= 0.3 is 0 Å². The molecule has 0 aliphatic heterocycles. The molecule has 0 aliphatic carbocycles. The van der Waals surface area contributed by atoms with E-state index in [2.05, 4.69) is 15.8 Å². The number of nitrogens with zero attached hydrogens (tertiary/aromatic N) is 1. The Hall–Kier alpha value is -3.18. The molecule has 3 aromatic rings. The van der Waals surface area contributed by atoms with Gasteiger partial charge in [0, 0.05) is 5.69 Å². The van der Waals surface area contributed by atoms with Crippen molar-refractivity contribution in [3.05, 3.63) is 89.5 Å². The average molecular weight is 375 g/mol. The molecular formula is C22H21N3OS. The number of nitrogens with one attached hydrogen (secondary N) is 2. The zero-order valence-corrected chi connectivity index (χ0v) is 16.1. The van der Waals surface area contributed by atoms with Gasteiger partial charge in [0.05, 0.1) is 6.21 Å². The molecule has 5 heteroatoms. The highest BCUT2D eigenvalue weighted by molar-refractivity contribution is 7.80. The molecule has 0 spiro atoms. The van der Waals surface area contributed by atoms with Crippen LogP contribution in [0.1, 0.15) is 16.7 Å². The van der Waals surface area contributed by atoms with Gasteiger partial charge in [-0.3, -0.25) is 5.43 Å². The summed E-state index contributed by atoms with van der Waals surface area (Å²) in [5.74, 6) is 1.59. The van der Waals surface area contributed by atoms with Crippen molar-refractivity contribution in [1.82, 2.24) is 5.43 Å². The molecule has 3 rings (SSSR count). The zero-order valence-electron chi connectivity index (χ0n) is 15.3. The number of rotatable bonds is 5. The summed E-state index contributed by atoms with van der Waals surface area (Å²) in [6.45, 7) is 4.08. The first-order valence-electron chi connectivity index (χ1n) is 8.61. The normalized spacial score (nSPS) is 10.6. The van der Waals surface area contributed by atoms with Gasteiger partial charge < -0.3 is 10.1 Å². The largest absolute Gasteiger partial charge is 0.457 e. The summed E-state index contributed by atoms with van der Waals surface area (Å²) < 4.78 is 5.77. The third-order valence-corrected chi connectivity index (χ3v) is 4.15. The highest BCUT2D eigenvalue weighted by atomic mass is 32.1. The van der Waals surface area contributed by atoms with Gasteiger partial charge in [0.25, 0.3) is 0 Å². The minimum atomic E-state index is 0.452. The Kier molecular flexibility index (Phi) is 6.18. The first-order chi connectivity index (χ1) is 13.1. The molecule has 0 aromatic heterocycles. The van der Waals surface area contributed by atoms with Crippen LogP contribution in [0.3, 0.4) is 0 Å². The second-order valence-corrected chi connectivity index (χ2v) is 6.48. The van der Waals surface area contributed by atoms with Crippen molar-refractivity contribution in [3.8, 4) is 11.5 Å². The second kappa shape index (κ2) is 8.96. The standard InChI is InChI=1S/C22H21N3OS/c1-16-7-6-8-17(2)21(16)24-22(27)25-23-15-18-11-13-20(14-12-18)26-19-9-4-3-5-10-19/h3-15H,1-2H3,(H2,24,25,27). The van der Waals surface area contributed by atoms with Gasteiger partial charge in [-0.1, -0.05) is 36.4 Å². The fourth-order valence-corrected chi connectivity index (χ4v) is 2.72. The van der Waals surface area contributed by atoms with Crippen LogP contribution in [0.2, 0.25) is 0 Å². The van der Waals surface area contributed by atoms with Crippen LogP contribution >= 0.6 is 12.2 Å². The number of para-hydroxylation sites is 2. The SMILES string of the molecule is Cc1cccc(C)c1NC(=S)NN=Cc1ccc(Oc2ccccc2)cc1. The summed E-state index contributed by atoms with van der Waals surface area (Å²) in [6, 6.07) is 23.5. The number of benzene rings is 3. The summed E-state index contributed by atoms with van der Waals surface area (Å²) >= 11 is 5.31. The van der Waals surface area contributed by atoms with Gasteiger partial charge in [-0.15, -0.1) is 0 Å². The molecule has 0 atom stereocenters. The van der Waals surface area contributed by atoms with E-state index in [0.29, 0.717) is 5.11 Å². The second-order valence-electron chi connectivity index (χ2n) is 6.08. The van der Waals surface area contributed by atoms with Crippen molar-refractivity contribution < 1.29 is 4.74 Å². The van der Waals surface area contributed by atoms with Crippen LogP contribution < -0.4 is 15.5 Å². The summed E-state index contributed by atoms with van der Waals surface area (Å²) in [7, 11) is 0. The van der Waals surface area contributed by atoms with Crippen LogP contribution in [0.5, 0.6) is 11.5 Å². The molecule has 0 bridgehead atoms. The van der Waals surface area contributed by atoms with Crippen LogP contribution in [0, 0.1) is 13.8 Å². The molecule has 0 saturated heterocycles. The fourth-order valence-electron chi connectivity index (χ4n) is 2.57. The van der Waals surface area contributed by atoms with E-state index in [9.17, 15) is 0 Å². The topological polar surface area (TPSA) is 45.7 Å². The van der Waals surface area contributed by atoms with Crippen LogP contribution in [0.4, 0.5) is 5.69 Å². The van der Waals surface area contributed by atoms with Crippen molar-refractivity contribution in [2.45, 2.75) is 13.8 Å². The number of thiocarbonyl (C=S) groups is 1. The van der Waals surface area contributed by atoms with Gasteiger partial charge in [0.2, 0.25) is 0 Å². The lowest BCUT2D eigenvalue weighted by atomic mass is 10.1. The third kappa shape index (κ3) is 5.39. The van der Waals surface area contributed by atoms with E-state index in [1.807, 2.05) is 86.6 Å². The van der Waals surface area contributed by atoms with Crippen molar-refractivity contribution >= 4 is 29.2 Å². The van der Waals surface area contributed by atoms with Crippen LogP contribution in [0.25, 0.3) is 0 Å². The maximum atomic E-state index is 5.77. The number of hydrogen-bond donors (Lipinski definition) is 2. The van der Waals surface area contributed by atoms with Crippen molar-refractivity contribution in [2.24, 2.45) is 5.10 Å².